The lowest BCUT2D eigenvalue weighted by Crippen LogP contribution is -2.61. The maximum atomic E-state index is 12.7. The summed E-state index contributed by atoms with van der Waals surface area (Å²) >= 11 is 0. The van der Waals surface area contributed by atoms with E-state index in [4.69, 9.17) is 5.26 Å². The first-order valence-electron chi connectivity index (χ1n) is 9.03. The fourth-order valence-corrected chi connectivity index (χ4v) is 5.50. The average Bonchev–Trinajstić information content (AvgIpc) is 2.64. The highest BCUT2D eigenvalue weighted by molar-refractivity contribution is 7.89. The van der Waals surface area contributed by atoms with Crippen molar-refractivity contribution >= 4 is 15.7 Å². The number of hydrogen-bond donors (Lipinski definition) is 2. The minimum absolute atomic E-state index is 0.323. The number of nitrogens with zero attached hydrogens (tertiary/aromatic N) is 2. The van der Waals surface area contributed by atoms with E-state index >= 15 is 0 Å². The van der Waals surface area contributed by atoms with Crippen LogP contribution in [0.15, 0.2) is 47.4 Å². The van der Waals surface area contributed by atoms with Crippen molar-refractivity contribution in [3.05, 3.63) is 59.2 Å². The van der Waals surface area contributed by atoms with Gasteiger partial charge in [0.05, 0.1) is 17.3 Å². The first-order chi connectivity index (χ1) is 12.9. The molecule has 1 spiro atoms. The Bertz CT molecular complexity index is 1020. The molecule has 2 N–H and O–H groups in total. The van der Waals surface area contributed by atoms with Crippen molar-refractivity contribution in [2.45, 2.75) is 36.9 Å². The molecule has 0 radical (unpaired) electrons. The van der Waals surface area contributed by atoms with Crippen LogP contribution in [-0.2, 0) is 16.6 Å². The topological polar surface area (TPSA) is 85.2 Å². The monoisotopic (exact) mass is 382 g/mol. The summed E-state index contributed by atoms with van der Waals surface area (Å²) < 4.78 is 28.4. The van der Waals surface area contributed by atoms with Gasteiger partial charge in [-0.05, 0) is 55.2 Å². The maximum absolute atomic E-state index is 12.7. The summed E-state index contributed by atoms with van der Waals surface area (Å²) in [5.41, 5.74) is 2.73. The number of rotatable bonds is 2. The molecule has 0 atom stereocenters. The Morgan fingerprint density at radius 3 is 2.70 bits per heavy atom. The predicted molar refractivity (Wildman–Crippen MR) is 104 cm³/mol. The van der Waals surface area contributed by atoms with Crippen LogP contribution in [0.25, 0.3) is 0 Å². The Kier molecular flexibility index (Phi) is 4.42. The van der Waals surface area contributed by atoms with Crippen LogP contribution < -0.4 is 10.0 Å². The van der Waals surface area contributed by atoms with Gasteiger partial charge in [-0.3, -0.25) is 4.90 Å². The molecular weight excluding hydrogens is 360 g/mol. The zero-order valence-electron chi connectivity index (χ0n) is 15.2. The highest BCUT2D eigenvalue weighted by Gasteiger charge is 2.43. The molecular formula is C20H22N4O2S. The Balaban J connectivity index is 1.49. The minimum Gasteiger partial charge on any atom is -0.365 e. The lowest BCUT2D eigenvalue weighted by Gasteiger charge is -2.45. The van der Waals surface area contributed by atoms with Crippen LogP contribution in [0, 0.1) is 18.3 Å². The van der Waals surface area contributed by atoms with E-state index in [1.54, 1.807) is 12.1 Å². The van der Waals surface area contributed by atoms with Crippen LogP contribution in [0.3, 0.4) is 0 Å². The molecule has 0 saturated carbocycles. The second-order valence-electron chi connectivity index (χ2n) is 7.40. The van der Waals surface area contributed by atoms with Gasteiger partial charge < -0.3 is 5.32 Å². The summed E-state index contributed by atoms with van der Waals surface area (Å²) in [5.74, 6) is 0. The number of nitriles is 1. The van der Waals surface area contributed by atoms with Crippen LogP contribution in [0.5, 0.6) is 0 Å². The van der Waals surface area contributed by atoms with Crippen LogP contribution in [0.2, 0.25) is 0 Å². The van der Waals surface area contributed by atoms with Crippen molar-refractivity contribution < 1.29 is 8.42 Å². The highest BCUT2D eigenvalue weighted by Crippen LogP contribution is 2.35. The number of fused-ring (bicyclic) bond motifs is 1. The number of likely N-dealkylation sites (tertiary alicyclic amines) is 1. The van der Waals surface area contributed by atoms with E-state index in [0.717, 1.165) is 30.8 Å². The molecule has 2 aromatic carbocycles. The normalized spacial score (nSPS) is 20.4. The van der Waals surface area contributed by atoms with E-state index in [2.05, 4.69) is 21.0 Å². The van der Waals surface area contributed by atoms with Crippen molar-refractivity contribution in [2.75, 3.05) is 18.4 Å². The number of nitrogens with one attached hydrogen (secondary N) is 2. The largest absolute Gasteiger partial charge is 0.365 e. The minimum atomic E-state index is -3.53. The zero-order chi connectivity index (χ0) is 19.1. The Morgan fingerprint density at radius 1 is 1.19 bits per heavy atom. The molecule has 0 unspecified atom stereocenters. The molecule has 1 saturated heterocycles. The summed E-state index contributed by atoms with van der Waals surface area (Å²) in [7, 11) is -3.53. The van der Waals surface area contributed by atoms with Crippen molar-refractivity contribution in [3.8, 4) is 6.07 Å². The molecule has 27 heavy (non-hydrogen) atoms. The van der Waals surface area contributed by atoms with Crippen molar-refractivity contribution in [1.29, 1.82) is 5.26 Å². The molecule has 0 bridgehead atoms. The van der Waals surface area contributed by atoms with Crippen LogP contribution >= 0.6 is 0 Å². The zero-order valence-corrected chi connectivity index (χ0v) is 16.0. The number of sulfonamides is 1. The van der Waals surface area contributed by atoms with Gasteiger partial charge in [-0.25, -0.2) is 8.42 Å². The first kappa shape index (κ1) is 18.0. The molecule has 0 amide bonds. The van der Waals surface area contributed by atoms with Gasteiger partial charge in [-0.15, -0.1) is 0 Å². The third-order valence-corrected chi connectivity index (χ3v) is 6.88. The van der Waals surface area contributed by atoms with Crippen LogP contribution in [0.1, 0.15) is 29.5 Å². The predicted octanol–water partition coefficient (Wildman–Crippen LogP) is 2.56. The standard InChI is InChI=1S/C20H22N4O2S/c1-15-5-6-18-19(11-15)27(25,26)23-20(22-18)7-9-24(10-8-20)14-17-4-2-3-16(12-17)13-21/h2-6,11-12,22-23H,7-10,14H2,1H3. The molecule has 2 aromatic rings. The molecule has 0 aliphatic carbocycles. The summed E-state index contributed by atoms with van der Waals surface area (Å²) in [6, 6.07) is 15.3. The van der Waals surface area contributed by atoms with Gasteiger partial charge in [0.1, 0.15) is 10.6 Å². The molecule has 7 heteroatoms. The maximum Gasteiger partial charge on any atom is 0.244 e. The molecule has 2 aliphatic heterocycles. The molecule has 140 valence electrons. The SMILES string of the molecule is Cc1ccc2c(c1)S(=O)(=O)NC1(CCN(Cc3cccc(C#N)c3)CC1)N2. The summed E-state index contributed by atoms with van der Waals surface area (Å²) in [6.45, 7) is 4.19. The second-order valence-corrected chi connectivity index (χ2v) is 9.05. The van der Waals surface area contributed by atoms with Crippen molar-refractivity contribution in [2.24, 2.45) is 0 Å². The smallest absolute Gasteiger partial charge is 0.244 e. The molecule has 6 nitrogen and oxygen atoms in total. The lowest BCUT2D eigenvalue weighted by molar-refractivity contribution is 0.159. The Hall–Kier alpha value is -2.40. The van der Waals surface area contributed by atoms with E-state index in [1.165, 1.54) is 0 Å². The van der Waals surface area contributed by atoms with Gasteiger partial charge in [0.2, 0.25) is 10.0 Å². The summed E-state index contributed by atoms with van der Waals surface area (Å²) in [5, 5.41) is 12.5. The van der Waals surface area contributed by atoms with E-state index < -0.39 is 15.7 Å². The van der Waals surface area contributed by atoms with E-state index in [1.807, 2.05) is 37.3 Å². The van der Waals surface area contributed by atoms with Gasteiger partial charge in [-0.1, -0.05) is 18.2 Å². The number of hydrogen-bond acceptors (Lipinski definition) is 5. The third-order valence-electron chi connectivity index (χ3n) is 5.30. The average molecular weight is 382 g/mol. The number of benzene rings is 2. The van der Waals surface area contributed by atoms with Crippen molar-refractivity contribution in [3.63, 3.8) is 0 Å². The third kappa shape index (κ3) is 3.56. The van der Waals surface area contributed by atoms with E-state index in [0.29, 0.717) is 29.0 Å². The van der Waals surface area contributed by atoms with Gasteiger partial charge in [-0.2, -0.15) is 9.98 Å². The molecule has 0 aromatic heterocycles. The summed E-state index contributed by atoms with van der Waals surface area (Å²) in [6.07, 6.45) is 1.36. The molecule has 2 heterocycles. The fourth-order valence-electron chi connectivity index (χ4n) is 3.87. The van der Waals surface area contributed by atoms with Gasteiger partial charge in [0, 0.05) is 19.6 Å². The van der Waals surface area contributed by atoms with Crippen LogP contribution in [0.4, 0.5) is 5.69 Å². The fraction of sp³-hybridized carbons (Fsp3) is 0.350. The molecule has 2 aliphatic rings. The highest BCUT2D eigenvalue weighted by atomic mass is 32.2. The Morgan fingerprint density at radius 2 is 1.96 bits per heavy atom. The van der Waals surface area contributed by atoms with Crippen molar-refractivity contribution in [1.82, 2.24) is 9.62 Å². The Labute approximate surface area is 159 Å². The first-order valence-corrected chi connectivity index (χ1v) is 10.5. The molecule has 1 fully saturated rings. The quantitative estimate of drug-likeness (QED) is 0.834. The number of aryl methyl sites for hydroxylation is 1. The number of piperidine rings is 1. The molecule has 4 rings (SSSR count). The van der Waals surface area contributed by atoms with Gasteiger partial charge in [0.25, 0.3) is 0 Å². The second kappa shape index (κ2) is 6.64. The van der Waals surface area contributed by atoms with Gasteiger partial charge in [0.15, 0.2) is 0 Å². The lowest BCUT2D eigenvalue weighted by atomic mass is 9.96. The van der Waals surface area contributed by atoms with Gasteiger partial charge >= 0.3 is 0 Å². The van der Waals surface area contributed by atoms with E-state index in [9.17, 15) is 8.42 Å². The number of anilines is 1. The van der Waals surface area contributed by atoms with Crippen LogP contribution in [-0.4, -0.2) is 32.1 Å². The van der Waals surface area contributed by atoms with E-state index in [-0.39, 0.29) is 0 Å². The summed E-state index contributed by atoms with van der Waals surface area (Å²) in [4.78, 5) is 2.62.